The Bertz CT molecular complexity index is 671. The zero-order chi connectivity index (χ0) is 15.1. The average Bonchev–Trinajstić information content (AvgIpc) is 2.66. The second kappa shape index (κ2) is 5.02. The normalized spacial score (nSPS) is 11.7. The van der Waals surface area contributed by atoms with Gasteiger partial charge in [-0.3, -0.25) is 4.79 Å². The zero-order valence-electron chi connectivity index (χ0n) is 11.9. The van der Waals surface area contributed by atoms with E-state index < -0.39 is 0 Å². The van der Waals surface area contributed by atoms with Crippen molar-refractivity contribution in [2.75, 3.05) is 0 Å². The Morgan fingerprint density at radius 1 is 1.35 bits per heavy atom. The van der Waals surface area contributed by atoms with Gasteiger partial charge in [0.2, 0.25) is 0 Å². The summed E-state index contributed by atoms with van der Waals surface area (Å²) >= 11 is 6.26. The molecule has 0 spiro atoms. The van der Waals surface area contributed by atoms with Gasteiger partial charge in [-0.2, -0.15) is 5.10 Å². The van der Waals surface area contributed by atoms with Crippen LogP contribution >= 0.6 is 11.6 Å². The Labute approximate surface area is 122 Å². The van der Waals surface area contributed by atoms with E-state index in [-0.39, 0.29) is 16.4 Å². The molecule has 3 nitrogen and oxygen atoms in total. The van der Waals surface area contributed by atoms with E-state index in [1.54, 1.807) is 13.0 Å². The molecule has 2 rings (SSSR count). The Hall–Kier alpha value is -1.68. The summed E-state index contributed by atoms with van der Waals surface area (Å²) in [7, 11) is 0. The maximum atomic E-state index is 13.2. The van der Waals surface area contributed by atoms with Crippen molar-refractivity contribution >= 4 is 17.9 Å². The molecule has 20 heavy (non-hydrogen) atoms. The van der Waals surface area contributed by atoms with E-state index in [9.17, 15) is 9.18 Å². The summed E-state index contributed by atoms with van der Waals surface area (Å²) in [6.07, 6.45) is 0.714. The first kappa shape index (κ1) is 14.7. The van der Waals surface area contributed by atoms with Crippen LogP contribution in [-0.2, 0) is 5.41 Å². The molecule has 2 aromatic rings. The molecule has 0 saturated heterocycles. The minimum atomic E-state index is -0.318. The third-order valence-corrected chi connectivity index (χ3v) is 3.44. The third-order valence-electron chi connectivity index (χ3n) is 3.08. The number of hydrogen-bond donors (Lipinski definition) is 0. The number of rotatable bonds is 2. The van der Waals surface area contributed by atoms with Gasteiger partial charge in [0.25, 0.3) is 0 Å². The smallest absolute Gasteiger partial charge is 0.155 e. The number of aldehydes is 1. The number of carbonyl (C=O) groups is 1. The van der Waals surface area contributed by atoms with E-state index in [2.05, 4.69) is 5.10 Å². The summed E-state index contributed by atoms with van der Waals surface area (Å²) in [6.45, 7) is 7.65. The number of aromatic nitrogens is 2. The molecule has 0 aliphatic heterocycles. The molecule has 1 aromatic carbocycles. The predicted molar refractivity (Wildman–Crippen MR) is 77.4 cm³/mol. The van der Waals surface area contributed by atoms with Crippen molar-refractivity contribution in [3.63, 3.8) is 0 Å². The van der Waals surface area contributed by atoms with Gasteiger partial charge in [-0.1, -0.05) is 32.4 Å². The van der Waals surface area contributed by atoms with Crippen LogP contribution in [0.5, 0.6) is 0 Å². The minimum absolute atomic E-state index is 0.250. The van der Waals surface area contributed by atoms with E-state index in [0.717, 1.165) is 0 Å². The van der Waals surface area contributed by atoms with Crippen molar-refractivity contribution in [2.45, 2.75) is 33.1 Å². The van der Waals surface area contributed by atoms with Crippen LogP contribution in [0.25, 0.3) is 5.69 Å². The summed E-state index contributed by atoms with van der Waals surface area (Å²) in [5, 5.41) is 4.69. The Balaban J connectivity index is 2.70. The molecule has 0 atom stereocenters. The largest absolute Gasteiger partial charge is 0.298 e. The van der Waals surface area contributed by atoms with Crippen molar-refractivity contribution in [1.82, 2.24) is 9.78 Å². The molecule has 1 aromatic heterocycles. The lowest BCUT2D eigenvalue weighted by atomic mass is 9.90. The van der Waals surface area contributed by atoms with Crippen LogP contribution in [0, 0.1) is 12.7 Å². The molecule has 0 fully saturated rings. The van der Waals surface area contributed by atoms with Crippen LogP contribution in [0.4, 0.5) is 4.39 Å². The van der Waals surface area contributed by atoms with E-state index >= 15 is 0 Å². The van der Waals surface area contributed by atoms with Gasteiger partial charge in [0.05, 0.1) is 16.9 Å². The Morgan fingerprint density at radius 3 is 2.45 bits per heavy atom. The third kappa shape index (κ3) is 2.48. The average molecular weight is 295 g/mol. The van der Waals surface area contributed by atoms with Gasteiger partial charge in [-0.05, 0) is 30.7 Å². The van der Waals surface area contributed by atoms with E-state index in [1.807, 2.05) is 20.8 Å². The second-order valence-corrected chi connectivity index (χ2v) is 6.12. The van der Waals surface area contributed by atoms with Crippen molar-refractivity contribution in [3.05, 3.63) is 46.0 Å². The zero-order valence-corrected chi connectivity index (χ0v) is 12.6. The van der Waals surface area contributed by atoms with Crippen molar-refractivity contribution in [3.8, 4) is 5.69 Å². The van der Waals surface area contributed by atoms with Gasteiger partial charge in [0, 0.05) is 5.41 Å². The Kier molecular flexibility index (Phi) is 3.69. The predicted octanol–water partition coefficient (Wildman–Crippen LogP) is 4.08. The maximum Gasteiger partial charge on any atom is 0.155 e. The lowest BCUT2D eigenvalue weighted by molar-refractivity contribution is 0.112. The number of carbonyl (C=O) groups excluding carboxylic acids is 1. The standard InChI is InChI=1S/C15H16ClFN2O/c1-9-7-10(17)5-6-12(9)19-14(16)11(8-20)13(18-19)15(2,3)4/h5-8H,1-4H3. The van der Waals surface area contributed by atoms with Crippen molar-refractivity contribution in [1.29, 1.82) is 0 Å². The quantitative estimate of drug-likeness (QED) is 0.782. The van der Waals surface area contributed by atoms with Gasteiger partial charge < -0.3 is 0 Å². The highest BCUT2D eigenvalue weighted by atomic mass is 35.5. The Morgan fingerprint density at radius 2 is 2.00 bits per heavy atom. The summed E-state index contributed by atoms with van der Waals surface area (Å²) in [5.74, 6) is -0.318. The van der Waals surface area contributed by atoms with Crippen LogP contribution in [0.3, 0.4) is 0 Å². The van der Waals surface area contributed by atoms with Crippen LogP contribution in [0.1, 0.15) is 42.4 Å². The highest BCUT2D eigenvalue weighted by Gasteiger charge is 2.26. The summed E-state index contributed by atoms with van der Waals surface area (Å²) in [4.78, 5) is 11.3. The van der Waals surface area contributed by atoms with Crippen molar-refractivity contribution in [2.24, 2.45) is 0 Å². The summed E-state index contributed by atoms with van der Waals surface area (Å²) in [6, 6.07) is 4.35. The minimum Gasteiger partial charge on any atom is -0.298 e. The molecule has 0 aliphatic carbocycles. The lowest BCUT2D eigenvalue weighted by Crippen LogP contribution is -2.14. The first-order valence-corrected chi connectivity index (χ1v) is 6.64. The molecule has 0 N–H and O–H groups in total. The summed E-state index contributed by atoms with van der Waals surface area (Å²) < 4.78 is 14.7. The number of nitrogens with zero attached hydrogens (tertiary/aromatic N) is 2. The molecule has 0 aliphatic rings. The van der Waals surface area contributed by atoms with E-state index in [4.69, 9.17) is 11.6 Å². The molecule has 1 heterocycles. The topological polar surface area (TPSA) is 34.9 Å². The highest BCUT2D eigenvalue weighted by molar-refractivity contribution is 6.32. The summed E-state index contributed by atoms with van der Waals surface area (Å²) in [5.41, 5.74) is 2.06. The van der Waals surface area contributed by atoms with Gasteiger partial charge >= 0.3 is 0 Å². The molecular weight excluding hydrogens is 279 g/mol. The van der Waals surface area contributed by atoms with Gasteiger partial charge in [-0.15, -0.1) is 0 Å². The van der Waals surface area contributed by atoms with Crippen LogP contribution in [-0.4, -0.2) is 16.1 Å². The fourth-order valence-electron chi connectivity index (χ4n) is 2.08. The fraction of sp³-hybridized carbons (Fsp3) is 0.333. The number of hydrogen-bond acceptors (Lipinski definition) is 2. The van der Waals surface area contributed by atoms with E-state index in [0.29, 0.717) is 28.8 Å². The maximum absolute atomic E-state index is 13.2. The SMILES string of the molecule is Cc1cc(F)ccc1-n1nc(C(C)(C)C)c(C=O)c1Cl. The van der Waals surface area contributed by atoms with Crippen LogP contribution < -0.4 is 0 Å². The molecule has 0 amide bonds. The first-order chi connectivity index (χ1) is 9.25. The van der Waals surface area contributed by atoms with Gasteiger partial charge in [0.15, 0.2) is 6.29 Å². The monoisotopic (exact) mass is 294 g/mol. The van der Waals surface area contributed by atoms with Crippen molar-refractivity contribution < 1.29 is 9.18 Å². The van der Waals surface area contributed by atoms with Gasteiger partial charge in [0.1, 0.15) is 11.0 Å². The fourth-order valence-corrected chi connectivity index (χ4v) is 2.35. The molecule has 0 radical (unpaired) electrons. The van der Waals surface area contributed by atoms with Gasteiger partial charge in [-0.25, -0.2) is 9.07 Å². The molecule has 5 heteroatoms. The number of halogens is 2. The molecular formula is C15H16ClFN2O. The molecule has 0 bridgehead atoms. The second-order valence-electron chi connectivity index (χ2n) is 5.76. The molecule has 0 saturated carbocycles. The highest BCUT2D eigenvalue weighted by Crippen LogP contribution is 2.31. The van der Waals surface area contributed by atoms with Crippen LogP contribution in [0.15, 0.2) is 18.2 Å². The molecule has 0 unspecified atom stereocenters. The number of aryl methyl sites for hydroxylation is 1. The molecule has 106 valence electrons. The first-order valence-electron chi connectivity index (χ1n) is 6.26. The number of benzene rings is 1. The van der Waals surface area contributed by atoms with Crippen LogP contribution in [0.2, 0.25) is 5.15 Å². The van der Waals surface area contributed by atoms with E-state index in [1.165, 1.54) is 16.8 Å². The lowest BCUT2D eigenvalue weighted by Gasteiger charge is -2.15.